The van der Waals surface area contributed by atoms with Gasteiger partial charge in [0, 0.05) is 0 Å². The van der Waals surface area contributed by atoms with E-state index in [2.05, 4.69) is 10.1 Å². The Morgan fingerprint density at radius 1 is 1.41 bits per heavy atom. The topological polar surface area (TPSA) is 42.2 Å². The molecule has 1 aliphatic heterocycles. The van der Waals surface area contributed by atoms with Crippen LogP contribution in [0, 0.1) is 6.92 Å². The quantitative estimate of drug-likeness (QED) is 0.807. The Hall–Kier alpha value is -1.11. The number of aromatic nitrogens is 2. The van der Waals surface area contributed by atoms with Gasteiger partial charge >= 0.3 is 6.18 Å². The number of likely N-dealkylation sites (tertiary alicyclic amines) is 1. The fraction of sp³-hybridized carbons (Fsp3) is 0.800. The van der Waals surface area contributed by atoms with Crippen LogP contribution < -0.4 is 0 Å². The summed E-state index contributed by atoms with van der Waals surface area (Å²) in [4.78, 5) is 5.40. The lowest BCUT2D eigenvalue weighted by molar-refractivity contribution is -0.155. The second-order valence-electron chi connectivity index (χ2n) is 4.28. The first-order valence-corrected chi connectivity index (χ1v) is 5.57. The third-order valence-electron chi connectivity index (χ3n) is 2.82. The molecule has 2 rings (SSSR count). The maximum atomic E-state index is 12.4. The van der Waals surface area contributed by atoms with Crippen LogP contribution in [-0.2, 0) is 0 Å². The van der Waals surface area contributed by atoms with Crippen LogP contribution in [0.5, 0.6) is 0 Å². The van der Waals surface area contributed by atoms with Crippen molar-refractivity contribution in [1.29, 1.82) is 0 Å². The average molecular weight is 249 g/mol. The van der Waals surface area contributed by atoms with Crippen LogP contribution in [0.3, 0.4) is 0 Å². The number of alkyl halides is 3. The molecule has 1 fully saturated rings. The van der Waals surface area contributed by atoms with Gasteiger partial charge < -0.3 is 4.52 Å². The number of aryl methyl sites for hydroxylation is 1. The molecule has 0 radical (unpaired) electrons. The highest BCUT2D eigenvalue weighted by Gasteiger charge is 2.37. The van der Waals surface area contributed by atoms with E-state index in [-0.39, 0.29) is 0 Å². The number of halogens is 3. The molecule has 0 spiro atoms. The van der Waals surface area contributed by atoms with Crippen LogP contribution in [0.25, 0.3) is 0 Å². The van der Waals surface area contributed by atoms with Crippen molar-refractivity contribution in [2.75, 3.05) is 13.1 Å². The minimum atomic E-state index is -4.19. The normalized spacial score (nSPS) is 22.9. The van der Waals surface area contributed by atoms with Crippen LogP contribution in [0.15, 0.2) is 4.52 Å². The summed E-state index contributed by atoms with van der Waals surface area (Å²) in [5, 5.41) is 3.63. The maximum Gasteiger partial charge on any atom is 0.401 e. The smallest absolute Gasteiger partial charge is 0.338 e. The summed E-state index contributed by atoms with van der Waals surface area (Å²) in [6.07, 6.45) is -1.89. The van der Waals surface area contributed by atoms with Gasteiger partial charge in [-0.25, -0.2) is 0 Å². The van der Waals surface area contributed by atoms with Gasteiger partial charge in [-0.1, -0.05) is 11.6 Å². The number of hydrogen-bond donors (Lipinski definition) is 0. The fourth-order valence-electron chi connectivity index (χ4n) is 2.14. The minimum Gasteiger partial charge on any atom is -0.338 e. The predicted octanol–water partition coefficient (Wildman–Crippen LogP) is 2.47. The van der Waals surface area contributed by atoms with E-state index in [1.54, 1.807) is 6.92 Å². The van der Waals surface area contributed by atoms with E-state index in [1.807, 2.05) is 0 Å². The number of nitrogens with zero attached hydrogens (tertiary/aromatic N) is 3. The molecule has 2 heterocycles. The molecule has 1 saturated heterocycles. The summed E-state index contributed by atoms with van der Waals surface area (Å²) < 4.78 is 42.3. The van der Waals surface area contributed by atoms with Gasteiger partial charge in [-0.15, -0.1) is 0 Å². The van der Waals surface area contributed by atoms with Gasteiger partial charge in [0.15, 0.2) is 5.82 Å². The number of rotatable bonds is 2. The van der Waals surface area contributed by atoms with E-state index in [1.165, 1.54) is 4.90 Å². The van der Waals surface area contributed by atoms with Gasteiger partial charge in [0.05, 0.1) is 12.6 Å². The summed E-state index contributed by atoms with van der Waals surface area (Å²) in [7, 11) is 0. The summed E-state index contributed by atoms with van der Waals surface area (Å²) >= 11 is 0. The monoisotopic (exact) mass is 249 g/mol. The highest BCUT2D eigenvalue weighted by Crippen LogP contribution is 2.32. The summed E-state index contributed by atoms with van der Waals surface area (Å²) in [5.74, 6) is 0.754. The molecular weight excluding hydrogens is 235 g/mol. The first-order chi connectivity index (χ1) is 7.96. The second-order valence-corrected chi connectivity index (χ2v) is 4.28. The zero-order valence-electron chi connectivity index (χ0n) is 9.50. The van der Waals surface area contributed by atoms with Gasteiger partial charge in [-0.05, 0) is 26.3 Å². The van der Waals surface area contributed by atoms with E-state index in [9.17, 15) is 13.2 Å². The second kappa shape index (κ2) is 4.64. The Morgan fingerprint density at radius 2 is 2.18 bits per heavy atom. The molecule has 7 heteroatoms. The lowest BCUT2D eigenvalue weighted by atomic mass is 10.0. The molecule has 1 aromatic heterocycles. The molecule has 1 atom stereocenters. The van der Waals surface area contributed by atoms with E-state index in [4.69, 9.17) is 4.52 Å². The summed E-state index contributed by atoms with van der Waals surface area (Å²) in [6.45, 7) is 1.16. The third-order valence-corrected chi connectivity index (χ3v) is 2.82. The first kappa shape index (κ1) is 12.3. The van der Waals surface area contributed by atoms with E-state index < -0.39 is 18.8 Å². The van der Waals surface area contributed by atoms with Gasteiger partial charge in [0.25, 0.3) is 0 Å². The van der Waals surface area contributed by atoms with Gasteiger partial charge in [-0.3, -0.25) is 4.90 Å². The fourth-order valence-corrected chi connectivity index (χ4v) is 2.14. The maximum absolute atomic E-state index is 12.4. The predicted molar refractivity (Wildman–Crippen MR) is 53.3 cm³/mol. The molecule has 1 aliphatic rings. The summed E-state index contributed by atoms with van der Waals surface area (Å²) in [6, 6.07) is -0.397. The Bertz CT molecular complexity index is 377. The lowest BCUT2D eigenvalue weighted by Gasteiger charge is -2.33. The van der Waals surface area contributed by atoms with Crippen molar-refractivity contribution in [1.82, 2.24) is 15.0 Å². The van der Waals surface area contributed by atoms with Gasteiger partial charge in [0.2, 0.25) is 5.89 Å². The molecule has 0 bridgehead atoms. The van der Waals surface area contributed by atoms with Crippen molar-refractivity contribution in [3.8, 4) is 0 Å². The van der Waals surface area contributed by atoms with Crippen molar-refractivity contribution >= 4 is 0 Å². The van der Waals surface area contributed by atoms with E-state index in [0.717, 1.165) is 12.8 Å². The number of piperidine rings is 1. The van der Waals surface area contributed by atoms with E-state index >= 15 is 0 Å². The largest absolute Gasteiger partial charge is 0.401 e. The van der Waals surface area contributed by atoms with Crippen LogP contribution in [0.2, 0.25) is 0 Å². The minimum absolute atomic E-state index is 0.298. The average Bonchev–Trinajstić information content (AvgIpc) is 2.63. The molecule has 0 saturated carbocycles. The van der Waals surface area contributed by atoms with E-state index in [0.29, 0.717) is 24.7 Å². The standard InChI is InChI=1S/C10H14F3N3O/c1-7-14-9(17-15-7)8-4-2-3-5-16(8)6-10(11,12)13/h8H,2-6H2,1H3. The lowest BCUT2D eigenvalue weighted by Crippen LogP contribution is -2.40. The molecule has 0 aromatic carbocycles. The number of hydrogen-bond acceptors (Lipinski definition) is 4. The first-order valence-electron chi connectivity index (χ1n) is 5.57. The van der Waals surface area contributed by atoms with Crippen LogP contribution >= 0.6 is 0 Å². The molecule has 0 aliphatic carbocycles. The molecule has 1 unspecified atom stereocenters. The molecule has 1 aromatic rings. The zero-order chi connectivity index (χ0) is 12.5. The van der Waals surface area contributed by atoms with Crippen LogP contribution in [0.4, 0.5) is 13.2 Å². The van der Waals surface area contributed by atoms with Crippen LogP contribution in [-0.4, -0.2) is 34.3 Å². The van der Waals surface area contributed by atoms with Crippen molar-refractivity contribution in [3.05, 3.63) is 11.7 Å². The molecule has 96 valence electrons. The molecule has 4 nitrogen and oxygen atoms in total. The van der Waals surface area contributed by atoms with Crippen LogP contribution in [0.1, 0.15) is 37.0 Å². The summed E-state index contributed by atoms with van der Waals surface area (Å²) in [5.41, 5.74) is 0. The highest BCUT2D eigenvalue weighted by atomic mass is 19.4. The highest BCUT2D eigenvalue weighted by molar-refractivity contribution is 4.94. The van der Waals surface area contributed by atoms with Crippen molar-refractivity contribution in [2.24, 2.45) is 0 Å². The Balaban J connectivity index is 2.12. The molecular formula is C10H14F3N3O. The van der Waals surface area contributed by atoms with Gasteiger partial charge in [-0.2, -0.15) is 18.2 Å². The van der Waals surface area contributed by atoms with Crippen molar-refractivity contribution < 1.29 is 17.7 Å². The molecule has 0 amide bonds. The third kappa shape index (κ3) is 3.18. The van der Waals surface area contributed by atoms with Crippen molar-refractivity contribution in [3.63, 3.8) is 0 Å². The Kier molecular flexibility index (Phi) is 3.37. The zero-order valence-corrected chi connectivity index (χ0v) is 9.50. The molecule has 0 N–H and O–H groups in total. The Morgan fingerprint density at radius 3 is 2.76 bits per heavy atom. The van der Waals surface area contributed by atoms with Gasteiger partial charge in [0.1, 0.15) is 0 Å². The molecule has 17 heavy (non-hydrogen) atoms. The SMILES string of the molecule is Cc1noc(C2CCCCN2CC(F)(F)F)n1. The Labute approximate surface area is 96.8 Å². The van der Waals surface area contributed by atoms with Crippen molar-refractivity contribution in [2.45, 2.75) is 38.4 Å².